The van der Waals surface area contributed by atoms with Crippen molar-refractivity contribution >= 4 is 37.4 Å². The van der Waals surface area contributed by atoms with Crippen molar-refractivity contribution in [2.45, 2.75) is 36.5 Å². The lowest BCUT2D eigenvalue weighted by Gasteiger charge is -2.17. The van der Waals surface area contributed by atoms with Gasteiger partial charge in [-0.3, -0.25) is 4.72 Å². The summed E-state index contributed by atoms with van der Waals surface area (Å²) >= 11 is 0. The highest BCUT2D eigenvalue weighted by atomic mass is 32.2. The highest BCUT2D eigenvalue weighted by molar-refractivity contribution is 7.92. The average molecular weight is 458 g/mol. The number of carbonyl (C=O) groups is 1. The number of benzene rings is 2. The van der Waals surface area contributed by atoms with Crippen LogP contribution in [0.5, 0.6) is 5.75 Å². The fraction of sp³-hybridized carbons (Fsp3) is 0.278. The van der Waals surface area contributed by atoms with Gasteiger partial charge in [0.15, 0.2) is 0 Å². The number of hydrogen-bond donors (Lipinski definition) is 5. The van der Waals surface area contributed by atoms with Gasteiger partial charge in [-0.15, -0.1) is 0 Å². The third-order valence-corrected chi connectivity index (χ3v) is 6.64. The molecule has 0 amide bonds. The largest absolute Gasteiger partial charge is 0.507 e. The molecule has 0 radical (unpaired) electrons. The van der Waals surface area contributed by atoms with Crippen molar-refractivity contribution < 1.29 is 31.8 Å². The normalized spacial score (nSPS) is 11.8. The molecule has 6 N–H and O–H groups in total. The van der Waals surface area contributed by atoms with Crippen LogP contribution in [0.15, 0.2) is 40.1 Å². The number of nitrogens with one attached hydrogen (secondary N) is 2. The molecule has 0 aromatic heterocycles. The number of phenols is 1. The predicted octanol–water partition coefficient (Wildman–Crippen LogP) is 2.06. The third-order valence-electron chi connectivity index (χ3n) is 4.22. The summed E-state index contributed by atoms with van der Waals surface area (Å²) < 4.78 is 51.6. The zero-order chi connectivity index (χ0) is 22.7. The number of aromatic hydroxyl groups is 1. The Balaban J connectivity index is 2.56. The molecule has 164 valence electrons. The molecule has 0 fully saturated rings. The van der Waals surface area contributed by atoms with Gasteiger partial charge < -0.3 is 15.5 Å². The molecule has 0 aliphatic heterocycles. The van der Waals surface area contributed by atoms with Gasteiger partial charge in [-0.2, -0.15) is 0 Å². The zero-order valence-electron chi connectivity index (χ0n) is 16.3. The Bertz CT molecular complexity index is 1180. The Morgan fingerprint density at radius 3 is 2.33 bits per heavy atom. The van der Waals surface area contributed by atoms with E-state index in [4.69, 9.17) is 10.2 Å². The van der Waals surface area contributed by atoms with Crippen molar-refractivity contribution in [3.8, 4) is 5.75 Å². The van der Waals surface area contributed by atoms with Gasteiger partial charge in [-0.1, -0.05) is 13.3 Å². The van der Waals surface area contributed by atoms with E-state index in [2.05, 4.69) is 10.0 Å². The number of nitrogens with two attached hydrogens (primary N) is 1. The second kappa shape index (κ2) is 8.90. The van der Waals surface area contributed by atoms with E-state index < -0.39 is 37.3 Å². The number of aromatic carboxylic acids is 1. The second-order valence-electron chi connectivity index (χ2n) is 6.58. The number of sulfonamides is 2. The average Bonchev–Trinajstić information content (AvgIpc) is 2.61. The van der Waals surface area contributed by atoms with Gasteiger partial charge in [0, 0.05) is 6.54 Å². The monoisotopic (exact) mass is 457 g/mol. The van der Waals surface area contributed by atoms with Crippen molar-refractivity contribution in [3.05, 3.63) is 41.5 Å². The van der Waals surface area contributed by atoms with Crippen molar-refractivity contribution in [1.82, 2.24) is 0 Å². The number of rotatable bonds is 9. The molecule has 0 heterocycles. The molecule has 0 aliphatic carbocycles. The number of hydrogen-bond acceptors (Lipinski definition) is 7. The van der Waals surface area contributed by atoms with Crippen molar-refractivity contribution in [2.75, 3.05) is 16.6 Å². The molecule has 0 saturated carbocycles. The molecule has 0 bridgehead atoms. The van der Waals surface area contributed by atoms with Gasteiger partial charge in [0.2, 0.25) is 10.0 Å². The molecular formula is C18H23N3O7S2. The summed E-state index contributed by atoms with van der Waals surface area (Å²) in [6.45, 7) is 3.88. The summed E-state index contributed by atoms with van der Waals surface area (Å²) in [5.74, 6) is -2.07. The highest BCUT2D eigenvalue weighted by Crippen LogP contribution is 2.31. The van der Waals surface area contributed by atoms with Crippen molar-refractivity contribution in [3.63, 3.8) is 0 Å². The van der Waals surface area contributed by atoms with E-state index in [0.29, 0.717) is 12.2 Å². The van der Waals surface area contributed by atoms with Gasteiger partial charge in [-0.05, 0) is 49.2 Å². The van der Waals surface area contributed by atoms with Gasteiger partial charge >= 0.3 is 5.97 Å². The van der Waals surface area contributed by atoms with E-state index in [-0.39, 0.29) is 21.0 Å². The van der Waals surface area contributed by atoms with Crippen molar-refractivity contribution in [1.29, 1.82) is 0 Å². The van der Waals surface area contributed by atoms with Crippen LogP contribution in [-0.2, 0) is 20.0 Å². The summed E-state index contributed by atoms with van der Waals surface area (Å²) in [5.41, 5.74) is -0.218. The number of aryl methyl sites for hydroxylation is 1. The predicted molar refractivity (Wildman–Crippen MR) is 112 cm³/mol. The summed E-state index contributed by atoms with van der Waals surface area (Å²) in [5, 5.41) is 27.1. The fourth-order valence-electron chi connectivity index (χ4n) is 2.67. The Labute approximate surface area is 174 Å². The maximum atomic E-state index is 13.0. The lowest BCUT2D eigenvalue weighted by Crippen LogP contribution is -2.18. The minimum Gasteiger partial charge on any atom is -0.507 e. The minimum atomic E-state index is -4.33. The first-order valence-electron chi connectivity index (χ1n) is 8.87. The van der Waals surface area contributed by atoms with Crippen LogP contribution in [-0.4, -0.2) is 39.6 Å². The number of primary sulfonamides is 1. The first kappa shape index (κ1) is 23.4. The van der Waals surface area contributed by atoms with Crippen LogP contribution in [0.1, 0.15) is 35.7 Å². The molecule has 2 aromatic carbocycles. The topological polar surface area (TPSA) is 176 Å². The Morgan fingerprint density at radius 2 is 1.77 bits per heavy atom. The van der Waals surface area contributed by atoms with E-state index in [1.165, 1.54) is 19.1 Å². The van der Waals surface area contributed by atoms with Gasteiger partial charge in [0.25, 0.3) is 10.0 Å². The second-order valence-corrected chi connectivity index (χ2v) is 9.79. The number of unbranched alkanes of at least 4 members (excludes halogenated alkanes) is 1. The molecule has 0 aliphatic rings. The zero-order valence-corrected chi connectivity index (χ0v) is 18.0. The first-order valence-corrected chi connectivity index (χ1v) is 11.9. The SMILES string of the molecule is CCCCNc1ccc(S(N)(=O)=O)cc1NS(=O)(=O)c1cc(C(=O)O)c(O)cc1C. The number of carboxylic acids is 1. The first-order chi connectivity index (χ1) is 13.9. The molecule has 12 heteroatoms. The molecule has 10 nitrogen and oxygen atoms in total. The number of anilines is 2. The van der Waals surface area contributed by atoms with E-state index in [1.807, 2.05) is 6.92 Å². The lowest BCUT2D eigenvalue weighted by molar-refractivity contribution is 0.0693. The standard InChI is InChI=1S/C18H23N3O7S2/c1-3-4-7-20-14-6-5-12(29(19,25)26)9-15(14)21-30(27,28)17-10-13(18(23)24)16(22)8-11(17)2/h5-6,8-10,20-22H,3-4,7H2,1-2H3,(H,23,24)(H2,19,25,26). The molecule has 0 spiro atoms. The van der Waals surface area contributed by atoms with Crippen LogP contribution in [0.2, 0.25) is 0 Å². The summed E-state index contributed by atoms with van der Waals surface area (Å²) in [6.07, 6.45) is 1.68. The van der Waals surface area contributed by atoms with E-state index in [9.17, 15) is 26.7 Å². The molecule has 2 rings (SSSR count). The van der Waals surface area contributed by atoms with Crippen LogP contribution in [0, 0.1) is 6.92 Å². The van der Waals surface area contributed by atoms with Crippen LogP contribution in [0.25, 0.3) is 0 Å². The summed E-state index contributed by atoms with van der Waals surface area (Å²) in [6, 6.07) is 5.58. The Morgan fingerprint density at radius 1 is 1.10 bits per heavy atom. The number of carboxylic acid groups (broad SMARTS) is 1. The third kappa shape index (κ3) is 5.40. The Hall–Kier alpha value is -2.83. The molecule has 0 unspecified atom stereocenters. The van der Waals surface area contributed by atoms with E-state index >= 15 is 0 Å². The molecule has 2 aromatic rings. The van der Waals surface area contributed by atoms with E-state index in [1.54, 1.807) is 0 Å². The molecule has 0 saturated heterocycles. The van der Waals surface area contributed by atoms with Gasteiger partial charge in [0.1, 0.15) is 11.3 Å². The molecular weight excluding hydrogens is 434 g/mol. The van der Waals surface area contributed by atoms with Crippen LogP contribution in [0.3, 0.4) is 0 Å². The fourth-order valence-corrected chi connectivity index (χ4v) is 4.54. The lowest BCUT2D eigenvalue weighted by atomic mass is 10.1. The van der Waals surface area contributed by atoms with E-state index in [0.717, 1.165) is 31.0 Å². The van der Waals surface area contributed by atoms with Crippen LogP contribution >= 0.6 is 0 Å². The van der Waals surface area contributed by atoms with Crippen LogP contribution < -0.4 is 15.2 Å². The summed E-state index contributed by atoms with van der Waals surface area (Å²) in [7, 11) is -8.42. The van der Waals surface area contributed by atoms with Crippen molar-refractivity contribution in [2.24, 2.45) is 5.14 Å². The Kier molecular flexibility index (Phi) is 6.95. The molecule has 30 heavy (non-hydrogen) atoms. The molecule has 0 atom stereocenters. The maximum Gasteiger partial charge on any atom is 0.339 e. The van der Waals surface area contributed by atoms with Gasteiger partial charge in [-0.25, -0.2) is 26.8 Å². The van der Waals surface area contributed by atoms with Crippen LogP contribution in [0.4, 0.5) is 11.4 Å². The maximum absolute atomic E-state index is 13.0. The smallest absolute Gasteiger partial charge is 0.339 e. The minimum absolute atomic E-state index is 0.0676. The van der Waals surface area contributed by atoms with Gasteiger partial charge in [0.05, 0.1) is 21.2 Å². The quantitative estimate of drug-likeness (QED) is 0.355. The highest BCUT2D eigenvalue weighted by Gasteiger charge is 2.23. The summed E-state index contributed by atoms with van der Waals surface area (Å²) in [4.78, 5) is 10.6.